The number of hydrogen-bond donors (Lipinski definition) is 1. The highest BCUT2D eigenvalue weighted by atomic mass is 79.9. The Labute approximate surface area is 122 Å². The summed E-state index contributed by atoms with van der Waals surface area (Å²) in [5.41, 5.74) is 1.03. The number of halogens is 1. The zero-order valence-corrected chi connectivity index (χ0v) is 12.8. The molecule has 1 aliphatic carbocycles. The Balaban J connectivity index is 1.79. The van der Waals surface area contributed by atoms with Gasteiger partial charge < -0.3 is 10.1 Å². The number of aryl methyl sites for hydroxylation is 1. The van der Waals surface area contributed by atoms with Crippen molar-refractivity contribution in [3.63, 3.8) is 0 Å². The maximum absolute atomic E-state index is 11.8. The topological polar surface area (TPSA) is 38.3 Å². The number of amides is 1. The van der Waals surface area contributed by atoms with Crippen LogP contribution in [0, 0.1) is 6.92 Å². The summed E-state index contributed by atoms with van der Waals surface area (Å²) >= 11 is 3.41. The molecule has 0 spiro atoms. The third kappa shape index (κ3) is 4.53. The number of hydrogen-bond acceptors (Lipinski definition) is 2. The second kappa shape index (κ2) is 6.94. The lowest BCUT2D eigenvalue weighted by molar-refractivity contribution is -0.124. The molecule has 0 radical (unpaired) electrons. The quantitative estimate of drug-likeness (QED) is 0.918. The first-order chi connectivity index (χ1) is 9.15. The summed E-state index contributed by atoms with van der Waals surface area (Å²) in [6.45, 7) is 2.07. The first-order valence-corrected chi connectivity index (χ1v) is 7.63. The van der Waals surface area contributed by atoms with Crippen LogP contribution in [0.25, 0.3) is 0 Å². The molecule has 1 fully saturated rings. The molecular formula is C15H20BrNO2. The van der Waals surface area contributed by atoms with E-state index >= 15 is 0 Å². The van der Waals surface area contributed by atoms with Crippen molar-refractivity contribution in [2.75, 3.05) is 6.61 Å². The minimum Gasteiger partial charge on any atom is -0.484 e. The standard InChI is InChI=1S/C15H20BrNO2/c1-11-9-12(16)7-8-14(11)19-10-15(18)17-13-5-3-2-4-6-13/h7-9,13H,2-6,10H2,1H3,(H,17,18). The Morgan fingerprint density at radius 1 is 1.37 bits per heavy atom. The molecule has 1 aromatic rings. The van der Waals surface area contributed by atoms with Crippen LogP contribution in [-0.4, -0.2) is 18.6 Å². The molecule has 0 heterocycles. The van der Waals surface area contributed by atoms with E-state index in [1.54, 1.807) is 0 Å². The van der Waals surface area contributed by atoms with E-state index < -0.39 is 0 Å². The molecule has 1 N–H and O–H groups in total. The number of benzene rings is 1. The maximum atomic E-state index is 11.8. The number of rotatable bonds is 4. The molecule has 1 aromatic carbocycles. The Morgan fingerprint density at radius 3 is 2.79 bits per heavy atom. The SMILES string of the molecule is Cc1cc(Br)ccc1OCC(=O)NC1CCCCC1. The van der Waals surface area contributed by atoms with Gasteiger partial charge in [-0.25, -0.2) is 0 Å². The maximum Gasteiger partial charge on any atom is 0.258 e. The van der Waals surface area contributed by atoms with E-state index in [1.807, 2.05) is 25.1 Å². The van der Waals surface area contributed by atoms with E-state index in [2.05, 4.69) is 21.2 Å². The highest BCUT2D eigenvalue weighted by Gasteiger charge is 2.15. The number of nitrogens with one attached hydrogen (secondary N) is 1. The second-order valence-corrected chi connectivity index (χ2v) is 6.02. The molecule has 0 saturated heterocycles. The molecule has 1 aliphatic rings. The smallest absolute Gasteiger partial charge is 0.258 e. The molecular weight excluding hydrogens is 306 g/mol. The molecule has 104 valence electrons. The van der Waals surface area contributed by atoms with Gasteiger partial charge in [-0.15, -0.1) is 0 Å². The van der Waals surface area contributed by atoms with E-state index in [0.29, 0.717) is 6.04 Å². The van der Waals surface area contributed by atoms with Crippen LogP contribution >= 0.6 is 15.9 Å². The summed E-state index contributed by atoms with van der Waals surface area (Å²) in [6, 6.07) is 6.12. The minimum atomic E-state index is -0.0192. The van der Waals surface area contributed by atoms with E-state index in [4.69, 9.17) is 4.74 Å². The molecule has 1 amide bonds. The minimum absolute atomic E-state index is 0.0192. The van der Waals surface area contributed by atoms with Crippen LogP contribution in [0.4, 0.5) is 0 Å². The lowest BCUT2D eigenvalue weighted by atomic mass is 9.95. The lowest BCUT2D eigenvalue weighted by Gasteiger charge is -2.22. The summed E-state index contributed by atoms with van der Waals surface area (Å²) in [6.07, 6.45) is 5.93. The van der Waals surface area contributed by atoms with Crippen LogP contribution in [0.2, 0.25) is 0 Å². The van der Waals surface area contributed by atoms with Gasteiger partial charge in [0.2, 0.25) is 0 Å². The Hall–Kier alpha value is -1.03. The van der Waals surface area contributed by atoms with Gasteiger partial charge in [0.05, 0.1) is 0 Å². The second-order valence-electron chi connectivity index (χ2n) is 5.10. The lowest BCUT2D eigenvalue weighted by Crippen LogP contribution is -2.39. The monoisotopic (exact) mass is 325 g/mol. The first-order valence-electron chi connectivity index (χ1n) is 6.83. The number of carbonyl (C=O) groups excluding carboxylic acids is 1. The van der Waals surface area contributed by atoms with Crippen molar-refractivity contribution in [2.24, 2.45) is 0 Å². The fourth-order valence-electron chi connectivity index (χ4n) is 2.43. The zero-order valence-electron chi connectivity index (χ0n) is 11.2. The molecule has 3 nitrogen and oxygen atoms in total. The van der Waals surface area contributed by atoms with Gasteiger partial charge >= 0.3 is 0 Å². The molecule has 0 unspecified atom stereocenters. The fourth-order valence-corrected chi connectivity index (χ4v) is 2.91. The Morgan fingerprint density at radius 2 is 2.11 bits per heavy atom. The summed E-state index contributed by atoms with van der Waals surface area (Å²) in [5.74, 6) is 0.746. The van der Waals surface area contributed by atoms with Crippen molar-refractivity contribution in [3.8, 4) is 5.75 Å². The summed E-state index contributed by atoms with van der Waals surface area (Å²) < 4.78 is 6.58. The largest absolute Gasteiger partial charge is 0.484 e. The van der Waals surface area contributed by atoms with Crippen molar-refractivity contribution < 1.29 is 9.53 Å². The number of carbonyl (C=O) groups is 1. The van der Waals surface area contributed by atoms with Crippen LogP contribution in [0.3, 0.4) is 0 Å². The van der Waals surface area contributed by atoms with Crippen LogP contribution < -0.4 is 10.1 Å². The highest BCUT2D eigenvalue weighted by molar-refractivity contribution is 9.10. The average molecular weight is 326 g/mol. The highest BCUT2D eigenvalue weighted by Crippen LogP contribution is 2.22. The van der Waals surface area contributed by atoms with Gasteiger partial charge in [0.15, 0.2) is 6.61 Å². The van der Waals surface area contributed by atoms with Crippen molar-refractivity contribution in [1.29, 1.82) is 0 Å². The zero-order chi connectivity index (χ0) is 13.7. The normalized spacial score (nSPS) is 16.1. The summed E-state index contributed by atoms with van der Waals surface area (Å²) in [7, 11) is 0. The third-order valence-corrected chi connectivity index (χ3v) is 3.96. The van der Waals surface area contributed by atoms with Crippen LogP contribution in [-0.2, 0) is 4.79 Å². The molecule has 19 heavy (non-hydrogen) atoms. The van der Waals surface area contributed by atoms with Gasteiger partial charge in [-0.2, -0.15) is 0 Å². The van der Waals surface area contributed by atoms with Crippen molar-refractivity contribution in [1.82, 2.24) is 5.32 Å². The Kier molecular flexibility index (Phi) is 5.25. The van der Waals surface area contributed by atoms with Gasteiger partial charge in [-0.05, 0) is 43.5 Å². The fraction of sp³-hybridized carbons (Fsp3) is 0.533. The van der Waals surface area contributed by atoms with Gasteiger partial charge in [0, 0.05) is 10.5 Å². The van der Waals surface area contributed by atoms with E-state index in [9.17, 15) is 4.79 Å². The molecule has 2 rings (SSSR count). The number of ether oxygens (including phenoxy) is 1. The molecule has 0 atom stereocenters. The predicted molar refractivity (Wildman–Crippen MR) is 79.4 cm³/mol. The Bertz CT molecular complexity index is 442. The average Bonchev–Trinajstić information content (AvgIpc) is 2.39. The third-order valence-electron chi connectivity index (χ3n) is 3.47. The van der Waals surface area contributed by atoms with Crippen LogP contribution in [0.5, 0.6) is 5.75 Å². The summed E-state index contributed by atoms with van der Waals surface area (Å²) in [4.78, 5) is 11.8. The van der Waals surface area contributed by atoms with Crippen LogP contribution in [0.1, 0.15) is 37.7 Å². The van der Waals surface area contributed by atoms with Gasteiger partial charge in [-0.1, -0.05) is 35.2 Å². The van der Waals surface area contributed by atoms with Crippen molar-refractivity contribution in [3.05, 3.63) is 28.2 Å². The molecule has 0 aliphatic heterocycles. The van der Waals surface area contributed by atoms with Gasteiger partial charge in [0.25, 0.3) is 5.91 Å². The van der Waals surface area contributed by atoms with Gasteiger partial charge in [-0.3, -0.25) is 4.79 Å². The van der Waals surface area contributed by atoms with Crippen molar-refractivity contribution >= 4 is 21.8 Å². The van der Waals surface area contributed by atoms with E-state index in [0.717, 1.165) is 28.6 Å². The van der Waals surface area contributed by atoms with E-state index in [1.165, 1.54) is 19.3 Å². The van der Waals surface area contributed by atoms with Crippen LogP contribution in [0.15, 0.2) is 22.7 Å². The molecule has 1 saturated carbocycles. The van der Waals surface area contributed by atoms with Gasteiger partial charge in [0.1, 0.15) is 5.75 Å². The molecule has 4 heteroatoms. The first kappa shape index (κ1) is 14.4. The molecule has 0 bridgehead atoms. The van der Waals surface area contributed by atoms with E-state index in [-0.39, 0.29) is 12.5 Å². The van der Waals surface area contributed by atoms with Crippen molar-refractivity contribution in [2.45, 2.75) is 45.1 Å². The molecule has 0 aromatic heterocycles. The summed E-state index contributed by atoms with van der Waals surface area (Å²) in [5, 5.41) is 3.05. The predicted octanol–water partition coefficient (Wildman–Crippen LogP) is 3.59.